The van der Waals surface area contributed by atoms with Gasteiger partial charge in [0.15, 0.2) is 5.82 Å². The number of rotatable bonds is 9. The molecule has 1 aromatic heterocycles. The van der Waals surface area contributed by atoms with Crippen LogP contribution in [0.3, 0.4) is 0 Å². The highest BCUT2D eigenvalue weighted by molar-refractivity contribution is 7.92. The van der Waals surface area contributed by atoms with Crippen LogP contribution in [0.1, 0.15) is 16.7 Å². The van der Waals surface area contributed by atoms with Crippen LogP contribution in [-0.4, -0.2) is 69.0 Å². The summed E-state index contributed by atoms with van der Waals surface area (Å²) in [7, 11) is -0.736. The van der Waals surface area contributed by atoms with Crippen molar-refractivity contribution in [2.75, 3.05) is 38.6 Å². The Kier molecular flexibility index (Phi) is 8.25. The molecule has 12 heteroatoms. The van der Waals surface area contributed by atoms with Crippen molar-refractivity contribution in [1.29, 1.82) is 0 Å². The van der Waals surface area contributed by atoms with E-state index in [1.165, 1.54) is 19.2 Å². The molecule has 10 nitrogen and oxygen atoms in total. The van der Waals surface area contributed by atoms with Crippen LogP contribution in [0.5, 0.6) is 5.75 Å². The zero-order chi connectivity index (χ0) is 29.1. The Hall–Kier alpha value is -4.00. The summed E-state index contributed by atoms with van der Waals surface area (Å²) in [4.78, 5) is 14.5. The van der Waals surface area contributed by atoms with Gasteiger partial charge in [0.05, 0.1) is 42.7 Å². The van der Waals surface area contributed by atoms with Crippen molar-refractivity contribution in [1.82, 2.24) is 20.0 Å². The van der Waals surface area contributed by atoms with E-state index >= 15 is 0 Å². The number of benzene rings is 3. The van der Waals surface area contributed by atoms with E-state index in [0.29, 0.717) is 55.1 Å². The van der Waals surface area contributed by atoms with E-state index in [-0.39, 0.29) is 22.7 Å². The lowest BCUT2D eigenvalue weighted by Gasteiger charge is -2.31. The van der Waals surface area contributed by atoms with Crippen molar-refractivity contribution >= 4 is 32.7 Å². The molecule has 1 aliphatic heterocycles. The van der Waals surface area contributed by atoms with Crippen LogP contribution >= 0.6 is 0 Å². The van der Waals surface area contributed by atoms with E-state index < -0.39 is 15.8 Å². The van der Waals surface area contributed by atoms with Crippen molar-refractivity contribution in [3.8, 4) is 5.75 Å². The number of anilines is 1. The van der Waals surface area contributed by atoms with E-state index in [0.717, 1.165) is 17.2 Å². The molecular weight excluding hydrogens is 549 g/mol. The Balaban J connectivity index is 1.39. The van der Waals surface area contributed by atoms with E-state index in [9.17, 15) is 17.6 Å². The summed E-state index contributed by atoms with van der Waals surface area (Å²) in [5.74, 6) is -0.195. The minimum atomic E-state index is -4.14. The number of nitrogens with one attached hydrogen (secondary N) is 2. The van der Waals surface area contributed by atoms with Gasteiger partial charge in [-0.3, -0.25) is 19.1 Å². The number of carbonyl (C=O) groups is 1. The molecule has 1 aliphatic rings. The number of morpholine rings is 1. The summed E-state index contributed by atoms with van der Waals surface area (Å²) >= 11 is 0. The lowest BCUT2D eigenvalue weighted by atomic mass is 10.1. The minimum absolute atomic E-state index is 0.0701. The van der Waals surface area contributed by atoms with Crippen molar-refractivity contribution in [3.05, 3.63) is 83.2 Å². The number of likely N-dealkylation sites (N-methyl/N-ethyl adjacent to an activating group) is 1. The van der Waals surface area contributed by atoms with Crippen molar-refractivity contribution in [2.24, 2.45) is 0 Å². The number of hydrogen-bond acceptors (Lipinski definition) is 7. The molecule has 1 unspecified atom stereocenters. The Labute approximate surface area is 238 Å². The maximum atomic E-state index is 14.1. The highest BCUT2D eigenvalue weighted by Crippen LogP contribution is 2.34. The molecule has 41 heavy (non-hydrogen) atoms. The van der Waals surface area contributed by atoms with Gasteiger partial charge in [0, 0.05) is 13.1 Å². The summed E-state index contributed by atoms with van der Waals surface area (Å²) < 4.78 is 55.6. The largest absolute Gasteiger partial charge is 0.496 e. The molecule has 2 heterocycles. The first-order valence-corrected chi connectivity index (χ1v) is 14.6. The van der Waals surface area contributed by atoms with E-state index in [4.69, 9.17) is 9.47 Å². The first kappa shape index (κ1) is 28.5. The molecule has 3 aromatic carbocycles. The van der Waals surface area contributed by atoms with Crippen molar-refractivity contribution in [2.45, 2.75) is 31.0 Å². The van der Waals surface area contributed by atoms with Gasteiger partial charge in [0.25, 0.3) is 10.0 Å². The number of ether oxygens (including phenoxy) is 2. The second-order valence-corrected chi connectivity index (χ2v) is 11.7. The molecule has 0 spiro atoms. The van der Waals surface area contributed by atoms with E-state index in [1.54, 1.807) is 23.7 Å². The molecule has 1 atom stereocenters. The van der Waals surface area contributed by atoms with Crippen molar-refractivity contribution < 1.29 is 27.1 Å². The number of amides is 1. The fourth-order valence-corrected chi connectivity index (χ4v) is 5.79. The van der Waals surface area contributed by atoms with Crippen LogP contribution in [0.25, 0.3) is 10.9 Å². The molecule has 0 aliphatic carbocycles. The van der Waals surface area contributed by atoms with Gasteiger partial charge in [-0.2, -0.15) is 5.10 Å². The van der Waals surface area contributed by atoms with Gasteiger partial charge in [-0.05, 0) is 54.9 Å². The predicted molar refractivity (Wildman–Crippen MR) is 153 cm³/mol. The van der Waals surface area contributed by atoms with E-state index in [1.807, 2.05) is 42.3 Å². The maximum absolute atomic E-state index is 14.1. The molecule has 1 fully saturated rings. The number of halogens is 1. The van der Waals surface area contributed by atoms with Crippen LogP contribution in [0.2, 0.25) is 0 Å². The van der Waals surface area contributed by atoms with Crippen LogP contribution < -0.4 is 14.8 Å². The quantitative estimate of drug-likeness (QED) is 0.312. The number of methoxy groups -OCH3 is 1. The monoisotopic (exact) mass is 581 g/mol. The van der Waals surface area contributed by atoms with Crippen LogP contribution in [-0.2, 0) is 32.6 Å². The number of nitrogens with zero attached hydrogens (tertiary/aromatic N) is 3. The first-order valence-electron chi connectivity index (χ1n) is 13.1. The fraction of sp³-hybridized carbons (Fsp3) is 0.310. The molecule has 216 valence electrons. The first-order chi connectivity index (χ1) is 19.7. The lowest BCUT2D eigenvalue weighted by Crippen LogP contribution is -2.51. The van der Waals surface area contributed by atoms with Gasteiger partial charge < -0.3 is 14.8 Å². The summed E-state index contributed by atoms with van der Waals surface area (Å²) in [6.07, 6.45) is 0. The molecule has 2 N–H and O–H groups in total. The third-order valence-corrected chi connectivity index (χ3v) is 8.47. The smallest absolute Gasteiger partial charge is 0.263 e. The van der Waals surface area contributed by atoms with Crippen LogP contribution in [0.15, 0.2) is 65.6 Å². The second kappa shape index (κ2) is 11.9. The third-order valence-electron chi connectivity index (χ3n) is 7.13. The van der Waals surface area contributed by atoms with Crippen LogP contribution in [0.4, 0.5) is 10.2 Å². The SMILES string of the molecule is COc1cccc2c1c(NS(=O)(=O)c1ccc(C)c(F)c1)nn2Cc1cccc(CNC(=O)C2COCCN2C)c1. The van der Waals surface area contributed by atoms with Gasteiger partial charge in [0.2, 0.25) is 5.91 Å². The number of carbonyl (C=O) groups excluding carboxylic acids is 1. The normalized spacial score (nSPS) is 16.0. The molecule has 0 bridgehead atoms. The molecule has 4 aromatic rings. The Morgan fingerprint density at radius 3 is 2.68 bits per heavy atom. The molecular formula is C29H32FN5O5S. The molecule has 0 radical (unpaired) electrons. The van der Waals surface area contributed by atoms with Gasteiger partial charge in [-0.25, -0.2) is 12.8 Å². The zero-order valence-corrected chi connectivity index (χ0v) is 23.9. The van der Waals surface area contributed by atoms with Gasteiger partial charge in [-0.1, -0.05) is 36.4 Å². The standard InChI is InChI=1S/C29H32FN5O5S/c1-19-10-11-22(15-23(19)30)41(37,38)33-28-27-24(8-5-9-26(27)39-3)35(32-28)17-21-7-4-6-20(14-21)16-31-29(36)25-18-40-13-12-34(25)2/h4-11,14-15,25H,12-13,16-18H2,1-3H3,(H,31,36)(H,32,33). The molecule has 1 saturated heterocycles. The maximum Gasteiger partial charge on any atom is 0.263 e. The van der Waals surface area contributed by atoms with Gasteiger partial charge in [-0.15, -0.1) is 0 Å². The Bertz CT molecular complexity index is 1690. The third kappa shape index (κ3) is 6.19. The average molecular weight is 582 g/mol. The molecule has 5 rings (SSSR count). The number of fused-ring (bicyclic) bond motifs is 1. The summed E-state index contributed by atoms with van der Waals surface area (Å²) in [5.41, 5.74) is 2.80. The predicted octanol–water partition coefficient (Wildman–Crippen LogP) is 3.29. The average Bonchev–Trinajstić information content (AvgIpc) is 3.29. The Morgan fingerprint density at radius 2 is 1.93 bits per heavy atom. The minimum Gasteiger partial charge on any atom is -0.496 e. The number of sulfonamides is 1. The number of aromatic nitrogens is 2. The highest BCUT2D eigenvalue weighted by atomic mass is 32.2. The van der Waals surface area contributed by atoms with Gasteiger partial charge >= 0.3 is 0 Å². The zero-order valence-electron chi connectivity index (χ0n) is 23.1. The summed E-state index contributed by atoms with van der Waals surface area (Å²) in [6, 6.07) is 16.5. The number of aryl methyl sites for hydroxylation is 1. The lowest BCUT2D eigenvalue weighted by molar-refractivity contribution is -0.131. The van der Waals surface area contributed by atoms with E-state index in [2.05, 4.69) is 15.1 Å². The van der Waals surface area contributed by atoms with Crippen LogP contribution in [0, 0.1) is 12.7 Å². The topological polar surface area (TPSA) is 115 Å². The summed E-state index contributed by atoms with van der Waals surface area (Å²) in [6.45, 7) is 3.92. The molecule has 0 saturated carbocycles. The molecule has 1 amide bonds. The Morgan fingerprint density at radius 1 is 1.15 bits per heavy atom. The van der Waals surface area contributed by atoms with Crippen molar-refractivity contribution in [3.63, 3.8) is 0 Å². The fourth-order valence-electron chi connectivity index (χ4n) is 4.77. The summed E-state index contributed by atoms with van der Waals surface area (Å²) in [5, 5.41) is 8.05. The highest BCUT2D eigenvalue weighted by Gasteiger charge is 2.26. The number of hydrogen-bond donors (Lipinski definition) is 2. The van der Waals surface area contributed by atoms with Gasteiger partial charge in [0.1, 0.15) is 17.6 Å². The second-order valence-electron chi connectivity index (χ2n) is 9.99.